The summed E-state index contributed by atoms with van der Waals surface area (Å²) in [5.74, 6) is -6.24. The summed E-state index contributed by atoms with van der Waals surface area (Å²) in [4.78, 5) is 12.7. The van der Waals surface area contributed by atoms with Gasteiger partial charge in [0, 0.05) is 25.6 Å². The summed E-state index contributed by atoms with van der Waals surface area (Å²) in [6.07, 6.45) is -13.6. The van der Waals surface area contributed by atoms with E-state index in [4.69, 9.17) is 62.8 Å². The average Bonchev–Trinajstić information content (AvgIpc) is 3.35. The zero-order valence-corrected chi connectivity index (χ0v) is 26.2. The van der Waals surface area contributed by atoms with E-state index in [0.29, 0.717) is 25.7 Å². The third-order valence-corrected chi connectivity index (χ3v) is 9.45. The molecule has 0 unspecified atom stereocenters. The highest BCUT2D eigenvalue weighted by atomic mass is 19.3. The predicted molar refractivity (Wildman–Crippen MR) is 158 cm³/mol. The molecule has 3 aliphatic heterocycles. The first-order valence-electron chi connectivity index (χ1n) is 16.1. The standard InChI is InChI=1S/C28H52F2N6O11/c29-28(30,10-33)24(41)17(38)6-11-5-16(36)21(45-25-14(34)3-1-12(7-31)42-25)23(19(11)39)47-27-20(40)22(18(9-37)44-27)46-26-15(35)4-2-13(8-32)43-26/h11-16,18-27,37,39-41H,1-10,31-36H2/t11-,12-,13+,14+,15+,16-,18+,19-,20+,21+,22+,23+,24+,25+,26+,27-/m0/s1. The molecule has 0 bridgehead atoms. The molecule has 0 amide bonds. The lowest BCUT2D eigenvalue weighted by atomic mass is 9.76. The molecule has 0 aromatic rings. The number of hydrogen-bond donors (Lipinski definition) is 10. The minimum Gasteiger partial charge on any atom is -0.394 e. The molecule has 16 atom stereocenters. The van der Waals surface area contributed by atoms with Crippen molar-refractivity contribution in [1.29, 1.82) is 0 Å². The maximum atomic E-state index is 14.0. The number of aliphatic hydroxyl groups excluding tert-OH is 4. The Morgan fingerprint density at radius 2 is 1.32 bits per heavy atom. The second-order valence-corrected chi connectivity index (χ2v) is 12.9. The first-order valence-corrected chi connectivity index (χ1v) is 16.1. The van der Waals surface area contributed by atoms with Gasteiger partial charge in [-0.1, -0.05) is 0 Å². The average molecular weight is 687 g/mol. The third-order valence-electron chi connectivity index (χ3n) is 9.45. The molecule has 0 spiro atoms. The van der Waals surface area contributed by atoms with Crippen LogP contribution in [0.15, 0.2) is 0 Å². The first-order chi connectivity index (χ1) is 22.2. The minimum absolute atomic E-state index is 0.112. The highest BCUT2D eigenvalue weighted by molar-refractivity contribution is 5.84. The number of ketones is 1. The van der Waals surface area contributed by atoms with Gasteiger partial charge in [0.25, 0.3) is 5.92 Å². The molecule has 17 nitrogen and oxygen atoms in total. The number of aliphatic hydroxyl groups is 4. The predicted octanol–water partition coefficient (Wildman–Crippen LogP) is -4.58. The maximum Gasteiger partial charge on any atom is 0.292 e. The van der Waals surface area contributed by atoms with Crippen LogP contribution in [-0.2, 0) is 33.2 Å². The van der Waals surface area contributed by atoms with Gasteiger partial charge in [-0.15, -0.1) is 0 Å². The number of rotatable bonds is 14. The van der Waals surface area contributed by atoms with Crippen LogP contribution < -0.4 is 34.4 Å². The van der Waals surface area contributed by atoms with Crippen molar-refractivity contribution >= 4 is 5.78 Å². The fourth-order valence-electron chi connectivity index (χ4n) is 6.54. The summed E-state index contributed by atoms with van der Waals surface area (Å²) < 4.78 is 63.8. The minimum atomic E-state index is -3.89. The van der Waals surface area contributed by atoms with Crippen molar-refractivity contribution in [1.82, 2.24) is 0 Å². The van der Waals surface area contributed by atoms with E-state index in [1.807, 2.05) is 0 Å². The monoisotopic (exact) mass is 686 g/mol. The Labute approximate surface area is 271 Å². The zero-order chi connectivity index (χ0) is 34.6. The largest absolute Gasteiger partial charge is 0.394 e. The normalized spacial score (nSPS) is 44.0. The van der Waals surface area contributed by atoms with E-state index in [-0.39, 0.29) is 31.7 Å². The molecule has 3 saturated heterocycles. The number of ether oxygens (including phenoxy) is 6. The van der Waals surface area contributed by atoms with E-state index in [2.05, 4.69) is 0 Å². The number of halogens is 2. The van der Waals surface area contributed by atoms with Gasteiger partial charge < -0.3 is 83.2 Å². The summed E-state index contributed by atoms with van der Waals surface area (Å²) in [5.41, 5.74) is 35.4. The topological polar surface area (TPSA) is 309 Å². The van der Waals surface area contributed by atoms with E-state index in [0.717, 1.165) is 0 Å². The van der Waals surface area contributed by atoms with Crippen LogP contribution in [0, 0.1) is 5.92 Å². The summed E-state index contributed by atoms with van der Waals surface area (Å²) >= 11 is 0. The molecular weight excluding hydrogens is 634 g/mol. The van der Waals surface area contributed by atoms with Gasteiger partial charge in [0.05, 0.1) is 43.5 Å². The highest BCUT2D eigenvalue weighted by Crippen LogP contribution is 2.37. The summed E-state index contributed by atoms with van der Waals surface area (Å²) in [7, 11) is 0. The Bertz CT molecular complexity index is 1010. The van der Waals surface area contributed by atoms with Gasteiger partial charge in [0.15, 0.2) is 30.8 Å². The van der Waals surface area contributed by atoms with Crippen molar-refractivity contribution in [2.45, 2.75) is 136 Å². The number of alkyl halides is 2. The molecule has 16 N–H and O–H groups in total. The zero-order valence-electron chi connectivity index (χ0n) is 26.2. The van der Waals surface area contributed by atoms with Crippen molar-refractivity contribution in [3.8, 4) is 0 Å². The van der Waals surface area contributed by atoms with Crippen LogP contribution >= 0.6 is 0 Å². The van der Waals surface area contributed by atoms with Crippen LogP contribution in [0.4, 0.5) is 8.78 Å². The number of carbonyl (C=O) groups is 1. The highest BCUT2D eigenvalue weighted by Gasteiger charge is 2.54. The molecular formula is C28H52F2N6O11. The number of hydrogen-bond acceptors (Lipinski definition) is 17. The Hall–Kier alpha value is -1.11. The third kappa shape index (κ3) is 8.98. The Balaban J connectivity index is 1.55. The summed E-state index contributed by atoms with van der Waals surface area (Å²) in [6.45, 7) is -1.46. The number of nitrogens with two attached hydrogens (primary N) is 6. The van der Waals surface area contributed by atoms with Crippen molar-refractivity contribution in [3.63, 3.8) is 0 Å². The fraction of sp³-hybridized carbons (Fsp3) is 0.964. The van der Waals surface area contributed by atoms with Crippen LogP contribution in [0.1, 0.15) is 38.5 Å². The summed E-state index contributed by atoms with van der Waals surface area (Å²) in [6, 6.07) is -2.14. The van der Waals surface area contributed by atoms with Gasteiger partial charge >= 0.3 is 0 Å². The lowest BCUT2D eigenvalue weighted by molar-refractivity contribution is -0.291. The van der Waals surface area contributed by atoms with Gasteiger partial charge in [0.2, 0.25) is 0 Å². The van der Waals surface area contributed by atoms with Crippen molar-refractivity contribution in [2.75, 3.05) is 26.2 Å². The van der Waals surface area contributed by atoms with E-state index in [1.54, 1.807) is 0 Å². The molecule has 4 rings (SSSR count). The number of Topliss-reactive ketones (excluding diaryl/α,β-unsaturated/α-hetero) is 1. The van der Waals surface area contributed by atoms with Crippen molar-refractivity contribution in [2.24, 2.45) is 40.3 Å². The molecule has 0 radical (unpaired) electrons. The lowest BCUT2D eigenvalue weighted by Gasteiger charge is -2.46. The molecule has 1 saturated carbocycles. The quantitative estimate of drug-likeness (QED) is 0.0822. The molecule has 274 valence electrons. The van der Waals surface area contributed by atoms with Gasteiger partial charge in [-0.3, -0.25) is 4.79 Å². The van der Waals surface area contributed by atoms with Crippen LogP contribution in [0.25, 0.3) is 0 Å². The molecule has 3 heterocycles. The van der Waals surface area contributed by atoms with Crippen LogP contribution in [0.5, 0.6) is 0 Å². The summed E-state index contributed by atoms with van der Waals surface area (Å²) in [5, 5.41) is 42.8. The smallest absolute Gasteiger partial charge is 0.292 e. The van der Waals surface area contributed by atoms with Gasteiger partial charge in [-0.25, -0.2) is 8.78 Å². The fourth-order valence-corrected chi connectivity index (χ4v) is 6.54. The second-order valence-electron chi connectivity index (χ2n) is 12.9. The molecule has 4 aliphatic rings. The molecule has 1 aliphatic carbocycles. The molecule has 4 fully saturated rings. The Morgan fingerprint density at radius 3 is 1.83 bits per heavy atom. The molecule has 19 heteroatoms. The van der Waals surface area contributed by atoms with Crippen LogP contribution in [0.3, 0.4) is 0 Å². The first kappa shape index (κ1) is 38.7. The molecule has 0 aromatic carbocycles. The maximum absolute atomic E-state index is 14.0. The number of carbonyl (C=O) groups excluding carboxylic acids is 1. The SMILES string of the molecule is NC[C@@H]1CC[C@@H](N)[C@@H](O[C@H]2[C@H](O[C@@H]3O[C@H](CO)[C@@H](O[C@H]4O[C@@H](CN)CC[C@H]4N)[C@H]3O)[C@@H](O)[C@H](CC(=O)[C@@H](O)C(F)(F)CN)C[C@@H]2N)O1. The van der Waals surface area contributed by atoms with Gasteiger partial charge in [0.1, 0.15) is 30.5 Å². The second kappa shape index (κ2) is 16.7. The Kier molecular flexibility index (Phi) is 13.8. The van der Waals surface area contributed by atoms with Gasteiger partial charge in [-0.2, -0.15) is 0 Å². The van der Waals surface area contributed by atoms with Crippen molar-refractivity contribution < 1.29 is 62.4 Å². The lowest BCUT2D eigenvalue weighted by Crippen LogP contribution is -2.63. The van der Waals surface area contributed by atoms with E-state index >= 15 is 0 Å². The van der Waals surface area contributed by atoms with E-state index in [1.165, 1.54) is 0 Å². The van der Waals surface area contributed by atoms with Crippen molar-refractivity contribution in [3.05, 3.63) is 0 Å². The molecule has 47 heavy (non-hydrogen) atoms. The van der Waals surface area contributed by atoms with Crippen LogP contribution in [-0.4, -0.2) is 150 Å². The van der Waals surface area contributed by atoms with Crippen LogP contribution in [0.2, 0.25) is 0 Å². The molecule has 0 aromatic heterocycles. The Morgan fingerprint density at radius 1 is 0.787 bits per heavy atom. The van der Waals surface area contributed by atoms with Gasteiger partial charge in [-0.05, 0) is 38.0 Å². The van der Waals surface area contributed by atoms with E-state index < -0.39 is 117 Å². The van der Waals surface area contributed by atoms with E-state index in [9.17, 15) is 34.0 Å².